The number of hydrogen-bond acceptors (Lipinski definition) is 4. The number of methoxy groups -OCH3 is 1. The third kappa shape index (κ3) is 1.99. The Bertz CT molecular complexity index is 434. The van der Waals surface area contributed by atoms with E-state index in [9.17, 15) is 15.0 Å². The van der Waals surface area contributed by atoms with Crippen LogP contribution in [0.15, 0.2) is 24.3 Å². The highest BCUT2D eigenvalue weighted by atomic mass is 16.5. The molecule has 17 heavy (non-hydrogen) atoms. The molecule has 1 aromatic carbocycles. The quantitative estimate of drug-likeness (QED) is 0.706. The van der Waals surface area contributed by atoms with E-state index in [0.717, 1.165) is 0 Å². The van der Waals surface area contributed by atoms with Crippen molar-refractivity contribution in [2.75, 3.05) is 13.7 Å². The molecule has 1 heterocycles. The first kappa shape index (κ1) is 11.9. The summed E-state index contributed by atoms with van der Waals surface area (Å²) in [5.74, 6) is -0.381. The summed E-state index contributed by atoms with van der Waals surface area (Å²) in [6, 6.07) is 6.90. The van der Waals surface area contributed by atoms with E-state index < -0.39 is 17.6 Å². The van der Waals surface area contributed by atoms with E-state index in [2.05, 4.69) is 5.32 Å². The number of carboxylic acid groups (broad SMARTS) is 1. The van der Waals surface area contributed by atoms with Crippen LogP contribution in [0.3, 0.4) is 0 Å². The first-order chi connectivity index (χ1) is 8.08. The molecule has 1 aliphatic rings. The minimum absolute atomic E-state index is 0.162. The van der Waals surface area contributed by atoms with E-state index in [1.54, 1.807) is 24.3 Å². The van der Waals surface area contributed by atoms with Gasteiger partial charge in [-0.05, 0) is 17.7 Å². The number of rotatable bonds is 3. The molecular formula is C12H15NO4. The second-order valence-corrected chi connectivity index (χ2v) is 4.18. The SMILES string of the molecule is COc1cccc([C@]2(C(=O)O)C[C@@H](O)CN2)c1. The number of carboxylic acids is 1. The summed E-state index contributed by atoms with van der Waals surface area (Å²) in [5, 5.41) is 21.8. The van der Waals surface area contributed by atoms with Crippen molar-refractivity contribution >= 4 is 5.97 Å². The number of aliphatic hydroxyl groups excluding tert-OH is 1. The lowest BCUT2D eigenvalue weighted by Gasteiger charge is -2.25. The van der Waals surface area contributed by atoms with Gasteiger partial charge in [0.1, 0.15) is 11.3 Å². The first-order valence-corrected chi connectivity index (χ1v) is 5.39. The molecule has 1 aromatic rings. The second-order valence-electron chi connectivity index (χ2n) is 4.18. The number of aliphatic carboxylic acids is 1. The molecule has 0 amide bonds. The molecular weight excluding hydrogens is 222 g/mol. The maximum absolute atomic E-state index is 11.5. The topological polar surface area (TPSA) is 78.8 Å². The molecule has 0 saturated carbocycles. The number of aliphatic hydroxyl groups is 1. The molecule has 0 aliphatic carbocycles. The van der Waals surface area contributed by atoms with Crippen molar-refractivity contribution in [2.24, 2.45) is 0 Å². The van der Waals surface area contributed by atoms with Crippen LogP contribution in [0, 0.1) is 0 Å². The van der Waals surface area contributed by atoms with Gasteiger partial charge in [-0.15, -0.1) is 0 Å². The maximum Gasteiger partial charge on any atom is 0.328 e. The smallest absolute Gasteiger partial charge is 0.328 e. The van der Waals surface area contributed by atoms with Crippen LogP contribution in [0.2, 0.25) is 0 Å². The number of β-amino-alcohol motifs (C(OH)–C–C–N with tert-alkyl or cyclic N) is 1. The van der Waals surface area contributed by atoms with Crippen molar-refractivity contribution in [3.63, 3.8) is 0 Å². The fourth-order valence-electron chi connectivity index (χ4n) is 2.18. The Labute approximate surface area is 99.0 Å². The summed E-state index contributed by atoms with van der Waals surface area (Å²) in [5.41, 5.74) is -0.616. The highest BCUT2D eigenvalue weighted by Crippen LogP contribution is 2.33. The predicted molar refractivity (Wildman–Crippen MR) is 60.9 cm³/mol. The van der Waals surface area contributed by atoms with Gasteiger partial charge >= 0.3 is 5.97 Å². The molecule has 5 heteroatoms. The summed E-state index contributed by atoms with van der Waals surface area (Å²) in [6.45, 7) is 0.281. The standard InChI is InChI=1S/C12H15NO4/c1-17-10-4-2-3-8(5-10)12(11(15)16)6-9(14)7-13-12/h2-5,9,13-14H,6-7H2,1H3,(H,15,16)/t9-,12+/m1/s1. The van der Waals surface area contributed by atoms with Gasteiger partial charge in [0.05, 0.1) is 13.2 Å². The molecule has 2 atom stereocenters. The molecule has 0 spiro atoms. The maximum atomic E-state index is 11.5. The predicted octanol–water partition coefficient (Wildman–Crippen LogP) is 0.329. The first-order valence-electron chi connectivity index (χ1n) is 5.39. The van der Waals surface area contributed by atoms with Crippen molar-refractivity contribution in [1.29, 1.82) is 0 Å². The number of hydrogen-bond donors (Lipinski definition) is 3. The van der Waals surface area contributed by atoms with Crippen LogP contribution in [0.1, 0.15) is 12.0 Å². The van der Waals surface area contributed by atoms with E-state index in [1.807, 2.05) is 0 Å². The Balaban J connectivity index is 2.43. The minimum atomic E-state index is -1.21. The molecule has 2 rings (SSSR count). The zero-order chi connectivity index (χ0) is 12.5. The van der Waals surface area contributed by atoms with Crippen molar-refractivity contribution < 1.29 is 19.7 Å². The van der Waals surface area contributed by atoms with E-state index in [4.69, 9.17) is 4.74 Å². The van der Waals surface area contributed by atoms with Gasteiger partial charge in [-0.3, -0.25) is 5.32 Å². The average Bonchev–Trinajstić information content (AvgIpc) is 2.73. The Morgan fingerprint density at radius 1 is 1.59 bits per heavy atom. The third-order valence-corrected chi connectivity index (χ3v) is 3.11. The highest BCUT2D eigenvalue weighted by Gasteiger charge is 2.46. The summed E-state index contributed by atoms with van der Waals surface area (Å²) in [6.07, 6.45) is -0.479. The van der Waals surface area contributed by atoms with Crippen LogP contribution in [0.25, 0.3) is 0 Å². The van der Waals surface area contributed by atoms with Crippen LogP contribution in [0.4, 0.5) is 0 Å². The Morgan fingerprint density at radius 2 is 2.35 bits per heavy atom. The third-order valence-electron chi connectivity index (χ3n) is 3.11. The van der Waals surface area contributed by atoms with Gasteiger partial charge in [0.2, 0.25) is 0 Å². The second kappa shape index (κ2) is 4.35. The molecule has 1 saturated heterocycles. The largest absolute Gasteiger partial charge is 0.497 e. The monoisotopic (exact) mass is 237 g/mol. The number of benzene rings is 1. The van der Waals surface area contributed by atoms with Crippen molar-refractivity contribution in [3.8, 4) is 5.75 Å². The van der Waals surface area contributed by atoms with Gasteiger partial charge in [-0.25, -0.2) is 4.79 Å². The normalized spacial score (nSPS) is 28.0. The molecule has 0 unspecified atom stereocenters. The molecule has 5 nitrogen and oxygen atoms in total. The molecule has 1 fully saturated rings. The Kier molecular flexibility index (Phi) is 3.04. The van der Waals surface area contributed by atoms with Crippen molar-refractivity contribution in [2.45, 2.75) is 18.1 Å². The summed E-state index contributed by atoms with van der Waals surface area (Å²) >= 11 is 0. The van der Waals surface area contributed by atoms with Crippen LogP contribution in [0.5, 0.6) is 5.75 Å². The lowest BCUT2D eigenvalue weighted by atomic mass is 9.88. The number of ether oxygens (including phenoxy) is 1. The van der Waals surface area contributed by atoms with Gasteiger partial charge in [-0.2, -0.15) is 0 Å². The van der Waals surface area contributed by atoms with Gasteiger partial charge in [0.25, 0.3) is 0 Å². The fraction of sp³-hybridized carbons (Fsp3) is 0.417. The number of nitrogens with one attached hydrogen (secondary N) is 1. The lowest BCUT2D eigenvalue weighted by Crippen LogP contribution is -2.44. The molecule has 0 bridgehead atoms. The van der Waals surface area contributed by atoms with Gasteiger partial charge < -0.3 is 14.9 Å². The van der Waals surface area contributed by atoms with Gasteiger partial charge in [0.15, 0.2) is 0 Å². The summed E-state index contributed by atoms with van der Waals surface area (Å²) in [7, 11) is 1.53. The molecule has 0 aromatic heterocycles. The zero-order valence-corrected chi connectivity index (χ0v) is 9.51. The van der Waals surface area contributed by atoms with E-state index in [1.165, 1.54) is 7.11 Å². The minimum Gasteiger partial charge on any atom is -0.497 e. The highest BCUT2D eigenvalue weighted by molar-refractivity contribution is 5.81. The Morgan fingerprint density at radius 3 is 2.88 bits per heavy atom. The van der Waals surface area contributed by atoms with E-state index in [0.29, 0.717) is 11.3 Å². The van der Waals surface area contributed by atoms with Crippen LogP contribution in [-0.2, 0) is 10.3 Å². The molecule has 1 aliphatic heterocycles. The van der Waals surface area contributed by atoms with Crippen LogP contribution in [-0.4, -0.2) is 35.9 Å². The average molecular weight is 237 g/mol. The van der Waals surface area contributed by atoms with Gasteiger partial charge in [-0.1, -0.05) is 12.1 Å². The zero-order valence-electron chi connectivity index (χ0n) is 9.51. The Hall–Kier alpha value is -1.59. The van der Waals surface area contributed by atoms with E-state index in [-0.39, 0.29) is 13.0 Å². The lowest BCUT2D eigenvalue weighted by molar-refractivity contribution is -0.145. The van der Waals surface area contributed by atoms with Crippen molar-refractivity contribution in [1.82, 2.24) is 5.32 Å². The number of carbonyl (C=O) groups is 1. The fourth-order valence-corrected chi connectivity index (χ4v) is 2.18. The molecule has 0 radical (unpaired) electrons. The summed E-state index contributed by atoms with van der Waals surface area (Å²) < 4.78 is 5.08. The van der Waals surface area contributed by atoms with Crippen LogP contribution < -0.4 is 10.1 Å². The van der Waals surface area contributed by atoms with Crippen LogP contribution >= 0.6 is 0 Å². The molecule has 3 N–H and O–H groups in total. The van der Waals surface area contributed by atoms with Gasteiger partial charge in [0, 0.05) is 13.0 Å². The molecule has 92 valence electrons. The van der Waals surface area contributed by atoms with E-state index >= 15 is 0 Å². The van der Waals surface area contributed by atoms with Crippen molar-refractivity contribution in [3.05, 3.63) is 29.8 Å². The summed E-state index contributed by atoms with van der Waals surface area (Å²) in [4.78, 5) is 11.5.